The van der Waals surface area contributed by atoms with Crippen molar-refractivity contribution >= 4 is 63.5 Å². The van der Waals surface area contributed by atoms with E-state index in [1.54, 1.807) is 5.38 Å². The van der Waals surface area contributed by atoms with Crippen LogP contribution < -0.4 is 11.1 Å². The zero-order valence-electron chi connectivity index (χ0n) is 18.5. The van der Waals surface area contributed by atoms with Gasteiger partial charge in [-0.2, -0.15) is 10.3 Å². The number of oxime groups is 1. The van der Waals surface area contributed by atoms with Crippen molar-refractivity contribution in [3.8, 4) is 0 Å². The number of hydrogen-bond donors (Lipinski definition) is 4. The number of aromatic nitrogens is 4. The van der Waals surface area contributed by atoms with Crippen molar-refractivity contribution in [3.63, 3.8) is 0 Å². The molecule has 4 heterocycles. The van der Waals surface area contributed by atoms with E-state index in [2.05, 4.69) is 30.9 Å². The third-order valence-electron chi connectivity index (χ3n) is 5.55. The van der Waals surface area contributed by atoms with Crippen LogP contribution in [-0.4, -0.2) is 82.9 Å². The fraction of sp³-hybridized carbons (Fsp3) is 0.350. The van der Waals surface area contributed by atoms with Gasteiger partial charge in [0.15, 0.2) is 10.8 Å². The molecular weight excluding hydrogens is 528 g/mol. The summed E-state index contributed by atoms with van der Waals surface area (Å²) in [5.74, 6) is -1.65. The number of thioether (sulfide) groups is 2. The van der Waals surface area contributed by atoms with Gasteiger partial charge < -0.3 is 21.0 Å². The molecule has 2 aromatic heterocycles. The number of β-lactam (4-membered cyclic amide) rings is 1. The zero-order chi connectivity index (χ0) is 25.2. The Morgan fingerprint density at radius 1 is 1.44 bits per heavy atom. The largest absolute Gasteiger partial charge is 0.477 e. The third kappa shape index (κ3) is 4.83. The molecule has 16 heteroatoms. The molecule has 5 N–H and O–H groups in total. The maximum atomic E-state index is 13.2. The fourth-order valence-electron chi connectivity index (χ4n) is 3.84. The second-order valence-electron chi connectivity index (χ2n) is 7.88. The topological polar surface area (TPSA) is 189 Å². The molecule has 5 rings (SSSR count). The van der Waals surface area contributed by atoms with Crippen LogP contribution in [-0.2, 0) is 19.2 Å². The number of carboxylic acid groups (broad SMARTS) is 1. The van der Waals surface area contributed by atoms with Gasteiger partial charge in [-0.3, -0.25) is 14.5 Å². The number of nitrogens with two attached hydrogens (primary N) is 1. The van der Waals surface area contributed by atoms with E-state index in [-0.39, 0.29) is 28.3 Å². The summed E-state index contributed by atoms with van der Waals surface area (Å²) >= 11 is 3.84. The lowest BCUT2D eigenvalue weighted by atomic mass is 10.0. The van der Waals surface area contributed by atoms with Gasteiger partial charge in [0.05, 0.1) is 6.20 Å². The number of thiazole rings is 1. The standard InChI is InChI=1S/C20H20N8O5S3/c21-20-23-11(8-36-20)13(26-33-10-3-1-2-4-10)16(29)24-14-17(30)28-15(19(31)32)9(7-35-18(14)28)6-34-12-5-22-27-25-12/h1,3,5,8,10,14,18H,2,4,6-7H2,(H2,21,23)(H,24,29)(H,31,32)(H,22,25,27)/b26-13-/t10?,14?,18-/m0/s1. The van der Waals surface area contributed by atoms with Gasteiger partial charge in [0.2, 0.25) is 0 Å². The van der Waals surface area contributed by atoms with Gasteiger partial charge in [-0.25, -0.2) is 9.78 Å². The SMILES string of the molecule is Nc1nc(/C(=N/OC2C=CCC2)C(=O)NC2C(=O)N3C(C(=O)O)=C(CSc4cn[nH]n4)CS[C@@H]23)cs1. The quantitative estimate of drug-likeness (QED) is 0.114. The van der Waals surface area contributed by atoms with E-state index in [1.165, 1.54) is 34.6 Å². The van der Waals surface area contributed by atoms with E-state index in [1.807, 2.05) is 12.2 Å². The van der Waals surface area contributed by atoms with Crippen LogP contribution in [0, 0.1) is 0 Å². The zero-order valence-corrected chi connectivity index (χ0v) is 20.9. The molecule has 188 valence electrons. The van der Waals surface area contributed by atoms with Gasteiger partial charge in [0.25, 0.3) is 11.8 Å². The van der Waals surface area contributed by atoms with E-state index < -0.39 is 29.2 Å². The fourth-order valence-corrected chi connectivity index (χ4v) is 6.66. The minimum absolute atomic E-state index is 0.0669. The summed E-state index contributed by atoms with van der Waals surface area (Å²) in [5, 5.41) is 28.6. The second kappa shape index (κ2) is 10.3. The molecule has 0 radical (unpaired) electrons. The molecule has 0 aromatic carbocycles. The minimum atomic E-state index is -1.20. The van der Waals surface area contributed by atoms with Crippen molar-refractivity contribution in [2.75, 3.05) is 17.2 Å². The van der Waals surface area contributed by atoms with Crippen LogP contribution in [0.2, 0.25) is 0 Å². The van der Waals surface area contributed by atoms with Crippen LogP contribution in [0.3, 0.4) is 0 Å². The number of fused-ring (bicyclic) bond motifs is 1. The molecule has 1 fully saturated rings. The molecule has 36 heavy (non-hydrogen) atoms. The highest BCUT2D eigenvalue weighted by Gasteiger charge is 2.54. The Morgan fingerprint density at radius 3 is 2.97 bits per heavy atom. The summed E-state index contributed by atoms with van der Waals surface area (Å²) < 4.78 is 0. The first-order valence-electron chi connectivity index (χ1n) is 10.7. The Morgan fingerprint density at radius 2 is 2.31 bits per heavy atom. The van der Waals surface area contributed by atoms with E-state index >= 15 is 0 Å². The summed E-state index contributed by atoms with van der Waals surface area (Å²) in [5.41, 5.74) is 6.38. The number of nitrogens with one attached hydrogen (secondary N) is 2. The van der Waals surface area contributed by atoms with Crippen molar-refractivity contribution in [1.82, 2.24) is 30.6 Å². The number of H-pyrrole nitrogens is 1. The highest BCUT2D eigenvalue weighted by atomic mass is 32.2. The molecule has 0 saturated carbocycles. The number of amides is 2. The van der Waals surface area contributed by atoms with E-state index in [9.17, 15) is 19.5 Å². The monoisotopic (exact) mass is 548 g/mol. The first-order chi connectivity index (χ1) is 17.4. The highest BCUT2D eigenvalue weighted by molar-refractivity contribution is 8.01. The van der Waals surface area contributed by atoms with Gasteiger partial charge in [0.1, 0.15) is 33.9 Å². The molecule has 2 aromatic rings. The maximum Gasteiger partial charge on any atom is 0.352 e. The second-order valence-corrected chi connectivity index (χ2v) is 10.9. The molecular formula is C20H20N8O5S3. The van der Waals surface area contributed by atoms with Crippen LogP contribution in [0.25, 0.3) is 0 Å². The molecule has 2 unspecified atom stereocenters. The molecule has 2 amide bonds. The Bertz CT molecular complexity index is 1270. The average molecular weight is 549 g/mol. The number of carbonyl (C=O) groups excluding carboxylic acids is 2. The van der Waals surface area contributed by atoms with Crippen molar-refractivity contribution in [2.24, 2.45) is 5.16 Å². The molecule has 0 bridgehead atoms. The Balaban J connectivity index is 1.31. The Hall–Kier alpha value is -3.37. The molecule has 2 aliphatic heterocycles. The van der Waals surface area contributed by atoms with Crippen molar-refractivity contribution in [2.45, 2.75) is 35.4 Å². The molecule has 3 atom stereocenters. The highest BCUT2D eigenvalue weighted by Crippen LogP contribution is 2.41. The number of carboxylic acids is 1. The smallest absolute Gasteiger partial charge is 0.352 e. The molecule has 1 saturated heterocycles. The lowest BCUT2D eigenvalue weighted by Gasteiger charge is -2.49. The van der Waals surface area contributed by atoms with Crippen molar-refractivity contribution in [1.29, 1.82) is 0 Å². The number of aromatic amines is 1. The summed E-state index contributed by atoms with van der Waals surface area (Å²) in [4.78, 5) is 49.0. The lowest BCUT2D eigenvalue weighted by molar-refractivity contribution is -0.150. The number of allylic oxidation sites excluding steroid dienone is 1. The summed E-state index contributed by atoms with van der Waals surface area (Å²) in [6.07, 6.45) is 6.71. The van der Waals surface area contributed by atoms with E-state index in [4.69, 9.17) is 10.6 Å². The normalized spacial score (nSPS) is 23.4. The van der Waals surface area contributed by atoms with Gasteiger partial charge >= 0.3 is 5.97 Å². The molecule has 1 aliphatic carbocycles. The van der Waals surface area contributed by atoms with Crippen LogP contribution >= 0.6 is 34.9 Å². The third-order valence-corrected chi connectivity index (χ3v) is 8.55. The van der Waals surface area contributed by atoms with Crippen molar-refractivity contribution in [3.05, 3.63) is 40.7 Å². The van der Waals surface area contributed by atoms with E-state index in [0.717, 1.165) is 24.2 Å². The summed E-state index contributed by atoms with van der Waals surface area (Å²) in [6.45, 7) is 0. The van der Waals surface area contributed by atoms with Gasteiger partial charge in [-0.15, -0.1) is 28.2 Å². The first-order valence-corrected chi connectivity index (χ1v) is 13.6. The Kier molecular flexibility index (Phi) is 6.97. The number of aliphatic carboxylic acids is 1. The predicted molar refractivity (Wildman–Crippen MR) is 133 cm³/mol. The van der Waals surface area contributed by atoms with Gasteiger partial charge in [0, 0.05) is 16.9 Å². The predicted octanol–water partition coefficient (Wildman–Crippen LogP) is 0.814. The number of carbonyl (C=O) groups is 3. The number of nitrogen functional groups attached to an aromatic ring is 1. The minimum Gasteiger partial charge on any atom is -0.477 e. The number of rotatable bonds is 9. The van der Waals surface area contributed by atoms with Gasteiger partial charge in [-0.05, 0) is 24.5 Å². The molecule has 13 nitrogen and oxygen atoms in total. The number of nitrogens with zero attached hydrogens (tertiary/aromatic N) is 5. The maximum absolute atomic E-state index is 13.2. The van der Waals surface area contributed by atoms with Crippen LogP contribution in [0.5, 0.6) is 0 Å². The lowest BCUT2D eigenvalue weighted by Crippen LogP contribution is -2.71. The molecule has 3 aliphatic rings. The number of anilines is 1. The summed E-state index contributed by atoms with van der Waals surface area (Å²) in [6, 6.07) is -0.922. The Labute approximate surface area is 216 Å². The molecule has 0 spiro atoms. The van der Waals surface area contributed by atoms with Crippen LogP contribution in [0.1, 0.15) is 18.5 Å². The van der Waals surface area contributed by atoms with Crippen LogP contribution in [0.4, 0.5) is 5.13 Å². The van der Waals surface area contributed by atoms with Crippen LogP contribution in [0.15, 0.2) is 45.2 Å². The summed E-state index contributed by atoms with van der Waals surface area (Å²) in [7, 11) is 0. The van der Waals surface area contributed by atoms with Gasteiger partial charge in [-0.1, -0.05) is 23.0 Å². The number of hydrogen-bond acceptors (Lipinski definition) is 12. The van der Waals surface area contributed by atoms with E-state index in [0.29, 0.717) is 22.1 Å². The average Bonchev–Trinajstić information content (AvgIpc) is 3.64. The van der Waals surface area contributed by atoms with Crippen molar-refractivity contribution < 1.29 is 24.3 Å². The first kappa shape index (κ1) is 24.3.